The molecule has 11 rings (SSSR count). The Labute approximate surface area is 411 Å². The first-order valence-electron chi connectivity index (χ1n) is 25.6. The summed E-state index contributed by atoms with van der Waals surface area (Å²) < 4.78 is 0. The lowest BCUT2D eigenvalue weighted by atomic mass is 9.61. The van der Waals surface area contributed by atoms with Crippen molar-refractivity contribution in [1.29, 1.82) is 0 Å². The van der Waals surface area contributed by atoms with E-state index < -0.39 is 0 Å². The number of aryl methyl sites for hydroxylation is 5. The van der Waals surface area contributed by atoms with Gasteiger partial charge in [-0.2, -0.15) is 0 Å². The van der Waals surface area contributed by atoms with Gasteiger partial charge in [0.25, 0.3) is 0 Å². The molecule has 0 radical (unpaired) electrons. The molecule has 0 amide bonds. The summed E-state index contributed by atoms with van der Waals surface area (Å²) in [5.41, 5.74) is 22.1. The summed E-state index contributed by atoms with van der Waals surface area (Å²) in [6, 6.07) is 63.9. The van der Waals surface area contributed by atoms with Crippen LogP contribution in [0.25, 0.3) is 33.0 Å². The molecule has 68 heavy (non-hydrogen) atoms. The molecule has 0 nitrogen and oxygen atoms in total. The Balaban J connectivity index is 0.000000136. The molecule has 0 spiro atoms. The highest BCUT2D eigenvalue weighted by Crippen LogP contribution is 2.57. The lowest BCUT2D eigenvalue weighted by Crippen LogP contribution is -2.26. The number of rotatable bonds is 4. The van der Waals surface area contributed by atoms with Crippen LogP contribution in [-0.4, -0.2) is 0 Å². The lowest BCUT2D eigenvalue weighted by Gasteiger charge is -2.43. The van der Waals surface area contributed by atoms with E-state index in [1.807, 2.05) is 18.2 Å². The molecule has 1 saturated carbocycles. The van der Waals surface area contributed by atoms with E-state index in [1.165, 1.54) is 115 Å². The van der Waals surface area contributed by atoms with Crippen LogP contribution in [0.1, 0.15) is 160 Å². The molecule has 8 aromatic carbocycles. The number of fused-ring (bicyclic) bond motifs is 11. The lowest BCUT2D eigenvalue weighted by molar-refractivity contribution is 0.343. The van der Waals surface area contributed by atoms with Crippen molar-refractivity contribution >= 4 is 10.8 Å². The molecule has 8 aromatic rings. The highest BCUT2D eigenvalue weighted by molar-refractivity contribution is 6.03. The Morgan fingerprint density at radius 1 is 0.515 bits per heavy atom. The Morgan fingerprint density at radius 2 is 1.09 bits per heavy atom. The van der Waals surface area contributed by atoms with Crippen molar-refractivity contribution in [2.75, 3.05) is 0 Å². The van der Waals surface area contributed by atoms with Crippen molar-refractivity contribution in [1.82, 2.24) is 0 Å². The summed E-state index contributed by atoms with van der Waals surface area (Å²) in [6.07, 6.45) is 6.38. The standard InChI is InChI=1S/C24H26.C17H16.C11H16.C9H12.C7H8/c1-6-15(2)17-11-12-20-21(14-17)24(4,5)22-13-16(3)18-9-7-8-10-19(18)23(20)22;1-11-6-7-15-13-5-3-2-4-12(13)14-8-9-16(14)17(15)10-11;1-9-6-5-7-10(8-9)11(2,3)4;1-2-6-9-7-4-3-5-8-9;1-7-5-3-2-4-6-7/h7-15H,6H2,1-5H3;2-7,10,14,16H,8-9H2,1H3;5-8H,1-4H3;3-5,7-8H,2,6H2,1H3;2-6H,1H3. The Kier molecular flexibility index (Phi) is 16.1. The molecule has 3 aliphatic carbocycles. The molecule has 0 N–H and O–H groups in total. The molecule has 3 atom stereocenters. The maximum Gasteiger partial charge on any atom is 0.0159 e. The van der Waals surface area contributed by atoms with Gasteiger partial charge in [0.1, 0.15) is 0 Å². The minimum absolute atomic E-state index is 0.0724. The number of benzene rings is 8. The van der Waals surface area contributed by atoms with E-state index >= 15 is 0 Å². The molecular weight excluding hydrogens is 817 g/mol. The summed E-state index contributed by atoms with van der Waals surface area (Å²) >= 11 is 0. The average Bonchev–Trinajstić information content (AvgIpc) is 3.54. The molecule has 0 saturated heterocycles. The van der Waals surface area contributed by atoms with Crippen molar-refractivity contribution in [3.05, 3.63) is 237 Å². The van der Waals surface area contributed by atoms with Gasteiger partial charge in [0.2, 0.25) is 0 Å². The zero-order chi connectivity index (χ0) is 48.6. The molecule has 0 aromatic heterocycles. The summed E-state index contributed by atoms with van der Waals surface area (Å²) in [6.45, 7) is 26.9. The molecule has 0 heterocycles. The van der Waals surface area contributed by atoms with E-state index in [9.17, 15) is 0 Å². The quantitative estimate of drug-likeness (QED) is 0.165. The van der Waals surface area contributed by atoms with Gasteiger partial charge in [-0.3, -0.25) is 0 Å². The van der Waals surface area contributed by atoms with E-state index in [0.717, 1.165) is 11.8 Å². The monoisotopic (exact) mass is 895 g/mol. The fourth-order valence-electron chi connectivity index (χ4n) is 10.4. The summed E-state index contributed by atoms with van der Waals surface area (Å²) in [7, 11) is 0. The van der Waals surface area contributed by atoms with Crippen LogP contribution in [-0.2, 0) is 17.3 Å². The molecule has 0 bridgehead atoms. The topological polar surface area (TPSA) is 0 Å². The van der Waals surface area contributed by atoms with Gasteiger partial charge in [0.15, 0.2) is 0 Å². The summed E-state index contributed by atoms with van der Waals surface area (Å²) in [4.78, 5) is 0. The van der Waals surface area contributed by atoms with Gasteiger partial charge in [0, 0.05) is 5.41 Å². The van der Waals surface area contributed by atoms with Crippen LogP contribution in [0, 0.1) is 27.7 Å². The second kappa shape index (κ2) is 22.0. The van der Waals surface area contributed by atoms with Gasteiger partial charge in [-0.25, -0.2) is 0 Å². The smallest absolute Gasteiger partial charge is 0.0159 e. The Bertz CT molecular complexity index is 2900. The fourth-order valence-corrected chi connectivity index (χ4v) is 10.4. The summed E-state index contributed by atoms with van der Waals surface area (Å²) in [5, 5.41) is 2.78. The molecule has 0 heteroatoms. The van der Waals surface area contributed by atoms with Crippen molar-refractivity contribution in [2.24, 2.45) is 0 Å². The van der Waals surface area contributed by atoms with Crippen molar-refractivity contribution in [3.63, 3.8) is 0 Å². The Morgan fingerprint density at radius 3 is 1.69 bits per heavy atom. The maximum absolute atomic E-state index is 2.47. The van der Waals surface area contributed by atoms with E-state index in [4.69, 9.17) is 0 Å². The largest absolute Gasteiger partial charge is 0.0651 e. The third kappa shape index (κ3) is 11.3. The van der Waals surface area contributed by atoms with E-state index in [1.54, 1.807) is 11.1 Å². The number of hydrogen-bond donors (Lipinski definition) is 0. The predicted molar refractivity (Wildman–Crippen MR) is 298 cm³/mol. The summed E-state index contributed by atoms with van der Waals surface area (Å²) in [5.74, 6) is 2.20. The van der Waals surface area contributed by atoms with Gasteiger partial charge in [-0.15, -0.1) is 0 Å². The maximum atomic E-state index is 2.47. The third-order valence-electron chi connectivity index (χ3n) is 14.8. The van der Waals surface area contributed by atoms with Crippen LogP contribution in [0.15, 0.2) is 176 Å². The zero-order valence-corrected chi connectivity index (χ0v) is 43.5. The van der Waals surface area contributed by atoms with Gasteiger partial charge < -0.3 is 0 Å². The minimum Gasteiger partial charge on any atom is -0.0651 e. The molecular formula is C68H78. The number of hydrogen-bond acceptors (Lipinski definition) is 0. The second-order valence-electron chi connectivity index (χ2n) is 21.4. The fraction of sp³-hybridized carbons (Fsp3) is 0.324. The first-order chi connectivity index (χ1) is 32.6. The van der Waals surface area contributed by atoms with Crippen LogP contribution in [0.4, 0.5) is 0 Å². The zero-order valence-electron chi connectivity index (χ0n) is 43.5. The minimum atomic E-state index is 0.0724. The van der Waals surface area contributed by atoms with Crippen LogP contribution in [0.5, 0.6) is 0 Å². The normalized spacial score (nSPS) is 15.8. The SMILES string of the molecule is CCC(C)c1ccc2c(c1)C(C)(C)c1cc(C)c3ccccc3c1-2.CCCc1ccccc1.Cc1ccc2c(c1)C1CCC1c1ccccc1-2.Cc1cccc(C(C)(C)C)c1.Cc1ccccc1. The highest BCUT2D eigenvalue weighted by atomic mass is 14.4. The van der Waals surface area contributed by atoms with Gasteiger partial charge in [-0.1, -0.05) is 254 Å². The van der Waals surface area contributed by atoms with Crippen LogP contribution in [0.2, 0.25) is 0 Å². The van der Waals surface area contributed by atoms with Crippen molar-refractivity contribution < 1.29 is 0 Å². The van der Waals surface area contributed by atoms with E-state index in [0.29, 0.717) is 5.92 Å². The van der Waals surface area contributed by atoms with Gasteiger partial charge >= 0.3 is 0 Å². The van der Waals surface area contributed by atoms with Gasteiger partial charge in [0.05, 0.1) is 0 Å². The first kappa shape index (κ1) is 49.9. The molecule has 350 valence electrons. The molecule has 1 fully saturated rings. The molecule has 0 aliphatic heterocycles. The predicted octanol–water partition coefficient (Wildman–Crippen LogP) is 19.5. The Hall–Kier alpha value is -5.98. The van der Waals surface area contributed by atoms with Crippen LogP contribution < -0.4 is 0 Å². The second-order valence-corrected chi connectivity index (χ2v) is 21.4. The molecule has 3 unspecified atom stereocenters. The van der Waals surface area contributed by atoms with E-state index in [2.05, 4.69) is 241 Å². The van der Waals surface area contributed by atoms with E-state index in [-0.39, 0.29) is 10.8 Å². The van der Waals surface area contributed by atoms with Gasteiger partial charge in [-0.05, 0) is 154 Å². The highest BCUT2D eigenvalue weighted by Gasteiger charge is 2.40. The first-order valence-corrected chi connectivity index (χ1v) is 25.6. The average molecular weight is 895 g/mol. The van der Waals surface area contributed by atoms with Crippen molar-refractivity contribution in [2.45, 2.75) is 144 Å². The third-order valence-corrected chi connectivity index (χ3v) is 14.8. The van der Waals surface area contributed by atoms with Crippen LogP contribution >= 0.6 is 0 Å². The van der Waals surface area contributed by atoms with Crippen LogP contribution in [0.3, 0.4) is 0 Å². The molecule has 3 aliphatic rings. The van der Waals surface area contributed by atoms with Crippen molar-refractivity contribution in [3.8, 4) is 22.3 Å².